The highest BCUT2D eigenvalue weighted by molar-refractivity contribution is 5.87. The Kier molecular flexibility index (Phi) is 2.69. The van der Waals surface area contributed by atoms with Crippen LogP contribution in [0.5, 0.6) is 0 Å². The van der Waals surface area contributed by atoms with Gasteiger partial charge in [-0.05, 0) is 26.7 Å². The molecule has 2 fully saturated rings. The van der Waals surface area contributed by atoms with Gasteiger partial charge in [0.2, 0.25) is 0 Å². The molecule has 0 amide bonds. The molecule has 0 aliphatic carbocycles. The smallest absolute Gasteiger partial charge is 0.315 e. The molecule has 0 aromatic carbocycles. The lowest BCUT2D eigenvalue weighted by molar-refractivity contribution is -0.167. The van der Waals surface area contributed by atoms with Crippen LogP contribution in [0, 0.1) is 11.3 Å². The second-order valence-corrected chi connectivity index (χ2v) is 5.19. The van der Waals surface area contributed by atoms with Crippen molar-refractivity contribution in [3.63, 3.8) is 0 Å². The maximum Gasteiger partial charge on any atom is 0.315 e. The zero-order valence-corrected chi connectivity index (χ0v) is 10.6. The summed E-state index contributed by atoms with van der Waals surface area (Å²) in [5, 5.41) is 0. The van der Waals surface area contributed by atoms with Gasteiger partial charge in [0.05, 0.1) is 25.9 Å². The van der Waals surface area contributed by atoms with Gasteiger partial charge < -0.3 is 14.2 Å². The normalized spacial score (nSPS) is 43.5. The Morgan fingerprint density at radius 2 is 1.88 bits per heavy atom. The van der Waals surface area contributed by atoms with Crippen molar-refractivity contribution in [2.24, 2.45) is 11.3 Å². The monoisotopic (exact) mass is 242 g/mol. The van der Waals surface area contributed by atoms with E-state index in [1.54, 1.807) is 6.92 Å². The van der Waals surface area contributed by atoms with Crippen LogP contribution >= 0.6 is 0 Å². The van der Waals surface area contributed by atoms with Crippen LogP contribution in [0.4, 0.5) is 0 Å². The second-order valence-electron chi connectivity index (χ2n) is 5.19. The van der Waals surface area contributed by atoms with Crippen LogP contribution in [-0.4, -0.2) is 37.9 Å². The topological polar surface area (TPSA) is 61.8 Å². The number of fused-ring (bicyclic) bond motifs is 2. The first kappa shape index (κ1) is 12.4. The summed E-state index contributed by atoms with van der Waals surface area (Å²) in [6.45, 7) is 3.60. The van der Waals surface area contributed by atoms with E-state index in [9.17, 15) is 9.59 Å². The third kappa shape index (κ3) is 1.41. The van der Waals surface area contributed by atoms with Gasteiger partial charge in [-0.15, -0.1) is 0 Å². The number of carbonyl (C=O) groups excluding carboxylic acids is 2. The number of esters is 2. The summed E-state index contributed by atoms with van der Waals surface area (Å²) >= 11 is 0. The van der Waals surface area contributed by atoms with Gasteiger partial charge in [-0.1, -0.05) is 0 Å². The minimum absolute atomic E-state index is 0.260. The molecular formula is C12H18O5. The third-order valence-corrected chi connectivity index (χ3v) is 4.26. The quantitative estimate of drug-likeness (QED) is 0.673. The zero-order chi connectivity index (χ0) is 12.8. The highest BCUT2D eigenvalue weighted by Gasteiger charge is 2.70. The first-order valence-electron chi connectivity index (χ1n) is 5.74. The molecule has 0 unspecified atom stereocenters. The number of ether oxygens (including phenoxy) is 3. The van der Waals surface area contributed by atoms with E-state index in [1.807, 2.05) is 6.92 Å². The largest absolute Gasteiger partial charge is 0.469 e. The summed E-state index contributed by atoms with van der Waals surface area (Å²) in [6.07, 6.45) is 1.28. The SMILES string of the molecule is COC(=O)[C@H]1[C@](C)(C(=O)OC)[C@@H]2CC[C@@]1(C)O2. The average molecular weight is 242 g/mol. The van der Waals surface area contributed by atoms with Crippen LogP contribution in [0.25, 0.3) is 0 Å². The zero-order valence-electron chi connectivity index (χ0n) is 10.6. The lowest BCUT2D eigenvalue weighted by atomic mass is 9.63. The molecule has 2 saturated heterocycles. The van der Waals surface area contributed by atoms with Gasteiger partial charge in [0.1, 0.15) is 11.3 Å². The first-order valence-corrected chi connectivity index (χ1v) is 5.74. The number of hydrogen-bond acceptors (Lipinski definition) is 5. The molecule has 2 aliphatic heterocycles. The molecule has 4 atom stereocenters. The van der Waals surface area contributed by atoms with Crippen LogP contribution in [0.3, 0.4) is 0 Å². The van der Waals surface area contributed by atoms with Crippen molar-refractivity contribution < 1.29 is 23.8 Å². The Morgan fingerprint density at radius 1 is 1.24 bits per heavy atom. The number of methoxy groups -OCH3 is 2. The van der Waals surface area contributed by atoms with Crippen molar-refractivity contribution in [2.75, 3.05) is 14.2 Å². The van der Waals surface area contributed by atoms with E-state index in [0.29, 0.717) is 0 Å². The summed E-state index contributed by atoms with van der Waals surface area (Å²) in [6, 6.07) is 0. The van der Waals surface area contributed by atoms with Crippen LogP contribution in [0.2, 0.25) is 0 Å². The molecular weight excluding hydrogens is 224 g/mol. The molecule has 17 heavy (non-hydrogen) atoms. The Morgan fingerprint density at radius 3 is 2.41 bits per heavy atom. The van der Waals surface area contributed by atoms with Crippen molar-refractivity contribution in [3.05, 3.63) is 0 Å². The molecule has 0 saturated carbocycles. The van der Waals surface area contributed by atoms with Gasteiger partial charge in [-0.2, -0.15) is 0 Å². The summed E-state index contributed by atoms with van der Waals surface area (Å²) in [7, 11) is 2.66. The molecule has 5 heteroatoms. The van der Waals surface area contributed by atoms with Crippen molar-refractivity contribution in [2.45, 2.75) is 38.4 Å². The summed E-state index contributed by atoms with van der Waals surface area (Å²) in [5.74, 6) is -1.39. The fraction of sp³-hybridized carbons (Fsp3) is 0.833. The van der Waals surface area contributed by atoms with Gasteiger partial charge in [0.15, 0.2) is 0 Å². The van der Waals surface area contributed by atoms with E-state index in [4.69, 9.17) is 14.2 Å². The molecule has 5 nitrogen and oxygen atoms in total. The van der Waals surface area contributed by atoms with E-state index < -0.39 is 28.9 Å². The Labute approximate surface area is 100 Å². The van der Waals surface area contributed by atoms with E-state index in [1.165, 1.54) is 14.2 Å². The van der Waals surface area contributed by atoms with E-state index >= 15 is 0 Å². The van der Waals surface area contributed by atoms with Crippen molar-refractivity contribution in [3.8, 4) is 0 Å². The highest BCUT2D eigenvalue weighted by Crippen LogP contribution is 2.58. The van der Waals surface area contributed by atoms with Crippen molar-refractivity contribution in [1.82, 2.24) is 0 Å². The van der Waals surface area contributed by atoms with Gasteiger partial charge in [0.25, 0.3) is 0 Å². The highest BCUT2D eigenvalue weighted by atomic mass is 16.6. The molecule has 96 valence electrons. The maximum atomic E-state index is 12.0. The number of hydrogen-bond donors (Lipinski definition) is 0. The number of rotatable bonds is 2. The standard InChI is InChI=1S/C12H18O5/c1-11-6-5-7(17-11)12(2,10(14)16-4)8(11)9(13)15-3/h7-8H,5-6H2,1-4H3/t7-,8+,11+,12+/m0/s1. The van der Waals surface area contributed by atoms with Crippen molar-refractivity contribution >= 4 is 11.9 Å². The molecule has 0 aromatic heterocycles. The molecule has 2 bridgehead atoms. The average Bonchev–Trinajstić information content (AvgIpc) is 2.79. The fourth-order valence-corrected chi connectivity index (χ4v) is 3.40. The van der Waals surface area contributed by atoms with Crippen LogP contribution in [-0.2, 0) is 23.8 Å². The molecule has 2 heterocycles. The van der Waals surface area contributed by atoms with E-state index in [-0.39, 0.29) is 6.10 Å². The van der Waals surface area contributed by atoms with Crippen molar-refractivity contribution in [1.29, 1.82) is 0 Å². The third-order valence-electron chi connectivity index (χ3n) is 4.26. The fourth-order valence-electron chi connectivity index (χ4n) is 3.40. The van der Waals surface area contributed by atoms with Gasteiger partial charge in [-0.3, -0.25) is 9.59 Å². The molecule has 0 radical (unpaired) electrons. The van der Waals surface area contributed by atoms with E-state index in [2.05, 4.69) is 0 Å². The van der Waals surface area contributed by atoms with Crippen LogP contribution < -0.4 is 0 Å². The molecule has 2 aliphatic rings. The lowest BCUT2D eigenvalue weighted by Crippen LogP contribution is -2.51. The first-order chi connectivity index (χ1) is 7.90. The van der Waals surface area contributed by atoms with E-state index in [0.717, 1.165) is 12.8 Å². The maximum absolute atomic E-state index is 12.0. The lowest BCUT2D eigenvalue weighted by Gasteiger charge is -2.37. The second kappa shape index (κ2) is 3.70. The molecule has 2 rings (SSSR count). The summed E-state index contributed by atoms with van der Waals surface area (Å²) in [5.41, 5.74) is -1.55. The summed E-state index contributed by atoms with van der Waals surface area (Å²) in [4.78, 5) is 23.9. The van der Waals surface area contributed by atoms with Gasteiger partial charge >= 0.3 is 11.9 Å². The minimum atomic E-state index is -0.936. The Hall–Kier alpha value is -1.10. The predicted molar refractivity (Wildman–Crippen MR) is 58.1 cm³/mol. The molecule has 0 spiro atoms. The van der Waals surface area contributed by atoms with Gasteiger partial charge in [0, 0.05) is 0 Å². The summed E-state index contributed by atoms with van der Waals surface area (Å²) < 4.78 is 15.5. The Bertz CT molecular complexity index is 366. The number of carbonyl (C=O) groups is 2. The predicted octanol–water partition coefficient (Wildman–Crippen LogP) is 0.906. The van der Waals surface area contributed by atoms with Crippen LogP contribution in [0.1, 0.15) is 26.7 Å². The van der Waals surface area contributed by atoms with Gasteiger partial charge in [-0.25, -0.2) is 0 Å². The van der Waals surface area contributed by atoms with Crippen LogP contribution in [0.15, 0.2) is 0 Å². The molecule has 0 aromatic rings. The minimum Gasteiger partial charge on any atom is -0.469 e. The Balaban J connectivity index is 2.44. The molecule has 0 N–H and O–H groups in total.